The van der Waals surface area contributed by atoms with Crippen molar-refractivity contribution in [1.29, 1.82) is 5.41 Å². The van der Waals surface area contributed by atoms with E-state index in [0.717, 1.165) is 16.7 Å². The van der Waals surface area contributed by atoms with Crippen molar-refractivity contribution in [1.82, 2.24) is 15.5 Å². The van der Waals surface area contributed by atoms with Gasteiger partial charge in [0, 0.05) is 45.5 Å². The molecule has 2 atom stereocenters. The summed E-state index contributed by atoms with van der Waals surface area (Å²) in [4.78, 5) is 15.1. The quantitative estimate of drug-likeness (QED) is 0.409. The Hall–Kier alpha value is -3.45. The maximum Gasteiger partial charge on any atom is 0.269 e. The lowest BCUT2D eigenvalue weighted by Crippen LogP contribution is -2.42. The minimum atomic E-state index is -0.554. The van der Waals surface area contributed by atoms with E-state index in [-0.39, 0.29) is 17.6 Å². The van der Waals surface area contributed by atoms with E-state index < -0.39 is 6.04 Å². The summed E-state index contributed by atoms with van der Waals surface area (Å²) < 4.78 is 13.2. The minimum Gasteiger partial charge on any atom is -0.394 e. The van der Waals surface area contributed by atoms with Crippen molar-refractivity contribution in [2.75, 3.05) is 20.6 Å². The van der Waals surface area contributed by atoms with E-state index in [1.54, 1.807) is 43.4 Å². The molecule has 3 rings (SSSR count). The Morgan fingerprint density at radius 2 is 1.94 bits per heavy atom. The molecule has 1 heterocycles. The zero-order valence-electron chi connectivity index (χ0n) is 17.7. The summed E-state index contributed by atoms with van der Waals surface area (Å²) in [6.07, 6.45) is 4.78. The summed E-state index contributed by atoms with van der Waals surface area (Å²) in [6, 6.07) is 13.4. The predicted octanol–water partition coefficient (Wildman–Crippen LogP) is 2.81. The molecule has 0 bridgehead atoms. The van der Waals surface area contributed by atoms with E-state index in [0.29, 0.717) is 24.4 Å². The summed E-state index contributed by atoms with van der Waals surface area (Å²) in [5.41, 5.74) is 10.3. The number of nitrogens with zero attached hydrogens (tertiary/aromatic N) is 1. The molecule has 0 saturated carbocycles. The third-order valence-corrected chi connectivity index (χ3v) is 5.46. The monoisotopic (exact) mass is 421 g/mol. The molecule has 31 heavy (non-hydrogen) atoms. The van der Waals surface area contributed by atoms with Crippen molar-refractivity contribution in [2.24, 2.45) is 5.73 Å². The Bertz CT molecular complexity index is 999. The van der Waals surface area contributed by atoms with Crippen molar-refractivity contribution in [2.45, 2.75) is 18.5 Å². The van der Waals surface area contributed by atoms with E-state index >= 15 is 0 Å². The van der Waals surface area contributed by atoms with Crippen LogP contribution in [0, 0.1) is 11.2 Å². The number of likely N-dealkylation sites (N-methyl/N-ethyl adjacent to an activating group) is 1. The SMILES string of the molecule is CN/C=C(\C=N)[C@H]1CN(C(=O)/C(=C/C(N)c2ccc(F)cc2)NC)Cc2ccccc21. The lowest BCUT2D eigenvalue weighted by atomic mass is 9.85. The highest BCUT2D eigenvalue weighted by molar-refractivity contribution is 5.93. The number of carbonyl (C=O) groups is 1. The fraction of sp³-hybridized carbons (Fsp3) is 0.250. The minimum absolute atomic E-state index is 0.109. The molecule has 6 nitrogen and oxygen atoms in total. The molecule has 0 saturated heterocycles. The fourth-order valence-electron chi connectivity index (χ4n) is 3.85. The van der Waals surface area contributed by atoms with Gasteiger partial charge in [0.25, 0.3) is 5.91 Å². The molecule has 1 amide bonds. The van der Waals surface area contributed by atoms with E-state index in [2.05, 4.69) is 10.6 Å². The van der Waals surface area contributed by atoms with Gasteiger partial charge in [-0.2, -0.15) is 0 Å². The Balaban J connectivity index is 1.90. The lowest BCUT2D eigenvalue weighted by Gasteiger charge is -2.35. The van der Waals surface area contributed by atoms with Gasteiger partial charge in [-0.25, -0.2) is 4.39 Å². The van der Waals surface area contributed by atoms with Crippen LogP contribution in [0.3, 0.4) is 0 Å². The van der Waals surface area contributed by atoms with Gasteiger partial charge in [-0.05, 0) is 40.5 Å². The first-order valence-electron chi connectivity index (χ1n) is 10.1. The van der Waals surface area contributed by atoms with Gasteiger partial charge in [0.05, 0.1) is 11.7 Å². The van der Waals surface area contributed by atoms with E-state index in [1.807, 2.05) is 24.3 Å². The van der Waals surface area contributed by atoms with E-state index in [4.69, 9.17) is 11.1 Å². The molecule has 0 aliphatic carbocycles. The normalized spacial score (nSPS) is 17.5. The van der Waals surface area contributed by atoms with Crippen molar-refractivity contribution in [3.63, 3.8) is 0 Å². The fourth-order valence-corrected chi connectivity index (χ4v) is 3.85. The number of hydrogen-bond donors (Lipinski definition) is 4. The van der Waals surface area contributed by atoms with Crippen molar-refractivity contribution >= 4 is 12.1 Å². The lowest BCUT2D eigenvalue weighted by molar-refractivity contribution is -0.128. The summed E-state index contributed by atoms with van der Waals surface area (Å²) in [5, 5.41) is 13.8. The second-order valence-electron chi connectivity index (χ2n) is 7.42. The highest BCUT2D eigenvalue weighted by Gasteiger charge is 2.31. The highest BCUT2D eigenvalue weighted by Crippen LogP contribution is 2.33. The summed E-state index contributed by atoms with van der Waals surface area (Å²) in [5.74, 6) is -0.615. The van der Waals surface area contributed by atoms with E-state index in [9.17, 15) is 9.18 Å². The number of hydrogen-bond acceptors (Lipinski definition) is 5. The van der Waals surface area contributed by atoms with Crippen molar-refractivity contribution in [3.05, 3.63) is 94.6 Å². The molecular weight excluding hydrogens is 393 g/mol. The molecular formula is C24H28FN5O. The molecule has 1 aliphatic rings. The summed E-state index contributed by atoms with van der Waals surface area (Å²) in [7, 11) is 3.47. The third-order valence-electron chi connectivity index (χ3n) is 5.46. The molecule has 0 aromatic heterocycles. The summed E-state index contributed by atoms with van der Waals surface area (Å²) in [6.45, 7) is 0.921. The van der Waals surface area contributed by atoms with Gasteiger partial charge in [0.2, 0.25) is 0 Å². The average molecular weight is 422 g/mol. The molecule has 2 aromatic carbocycles. The number of halogens is 1. The van der Waals surface area contributed by atoms with Crippen LogP contribution in [0.25, 0.3) is 0 Å². The van der Waals surface area contributed by atoms with Gasteiger partial charge < -0.3 is 26.7 Å². The largest absolute Gasteiger partial charge is 0.394 e. The molecule has 1 unspecified atom stereocenters. The van der Waals surface area contributed by atoms with Gasteiger partial charge in [-0.15, -0.1) is 0 Å². The number of fused-ring (bicyclic) bond motifs is 1. The number of nitrogens with one attached hydrogen (secondary N) is 3. The Kier molecular flexibility index (Phi) is 7.20. The maximum absolute atomic E-state index is 13.4. The van der Waals surface area contributed by atoms with Crippen LogP contribution in [0.4, 0.5) is 4.39 Å². The molecule has 2 aromatic rings. The van der Waals surface area contributed by atoms with Gasteiger partial charge >= 0.3 is 0 Å². The predicted molar refractivity (Wildman–Crippen MR) is 121 cm³/mol. The maximum atomic E-state index is 13.4. The number of nitrogens with two attached hydrogens (primary N) is 1. The molecule has 0 spiro atoms. The molecule has 0 fully saturated rings. The first kappa shape index (κ1) is 22.2. The summed E-state index contributed by atoms with van der Waals surface area (Å²) >= 11 is 0. The molecule has 5 N–H and O–H groups in total. The molecule has 162 valence electrons. The smallest absolute Gasteiger partial charge is 0.269 e. The molecule has 1 aliphatic heterocycles. The average Bonchev–Trinajstić information content (AvgIpc) is 2.80. The topological polar surface area (TPSA) is 94.2 Å². The Morgan fingerprint density at radius 3 is 2.58 bits per heavy atom. The zero-order valence-corrected chi connectivity index (χ0v) is 17.7. The van der Waals surface area contributed by atoms with Crippen LogP contribution in [0.2, 0.25) is 0 Å². The zero-order chi connectivity index (χ0) is 22.4. The van der Waals surface area contributed by atoms with Crippen LogP contribution >= 0.6 is 0 Å². The number of rotatable bonds is 7. The highest BCUT2D eigenvalue weighted by atomic mass is 19.1. The van der Waals surface area contributed by atoms with Crippen LogP contribution in [0.5, 0.6) is 0 Å². The number of amides is 1. The Labute approximate surface area is 182 Å². The second-order valence-corrected chi connectivity index (χ2v) is 7.42. The van der Waals surface area contributed by atoms with Crippen LogP contribution in [0.15, 0.2) is 72.1 Å². The number of benzene rings is 2. The van der Waals surface area contributed by atoms with Crippen molar-refractivity contribution < 1.29 is 9.18 Å². The van der Waals surface area contributed by atoms with Gasteiger partial charge in [-0.1, -0.05) is 36.4 Å². The number of carbonyl (C=O) groups excluding carboxylic acids is 1. The molecule has 7 heteroatoms. The van der Waals surface area contributed by atoms with Gasteiger partial charge in [0.1, 0.15) is 5.82 Å². The van der Waals surface area contributed by atoms with Crippen molar-refractivity contribution in [3.8, 4) is 0 Å². The third kappa shape index (κ3) is 5.00. The van der Waals surface area contributed by atoms with Gasteiger partial charge in [-0.3, -0.25) is 4.79 Å². The van der Waals surface area contributed by atoms with Crippen LogP contribution in [-0.2, 0) is 11.3 Å². The van der Waals surface area contributed by atoms with Crippen LogP contribution in [0.1, 0.15) is 28.7 Å². The van der Waals surface area contributed by atoms with E-state index in [1.165, 1.54) is 18.3 Å². The molecule has 0 radical (unpaired) electrons. The van der Waals surface area contributed by atoms with Crippen LogP contribution < -0.4 is 16.4 Å². The van der Waals surface area contributed by atoms with Gasteiger partial charge in [0.15, 0.2) is 0 Å². The first-order chi connectivity index (χ1) is 15.0. The second kappa shape index (κ2) is 10.0. The standard InChI is InChI=1S/C24H28FN5O/c1-28-13-18(12-26)21-15-30(14-17-5-3-4-6-20(17)21)24(31)23(29-2)11-22(27)16-7-9-19(25)10-8-16/h3-13,21-22,26,28-29H,14-15,27H2,1-2H3/b18-13+,23-11-,26-12?/t21-,22?/m1/s1. The van der Waals surface area contributed by atoms with Crippen LogP contribution in [-0.4, -0.2) is 37.7 Å². The first-order valence-corrected chi connectivity index (χ1v) is 10.1. The Morgan fingerprint density at radius 1 is 1.23 bits per heavy atom.